The Morgan fingerprint density at radius 2 is 2.05 bits per heavy atom. The first-order valence-electron chi connectivity index (χ1n) is 6.79. The molecule has 112 valence electrons. The van der Waals surface area contributed by atoms with E-state index < -0.39 is 17.5 Å². The molecule has 7 nitrogen and oxygen atoms in total. The van der Waals surface area contributed by atoms with Crippen LogP contribution in [0.3, 0.4) is 0 Å². The summed E-state index contributed by atoms with van der Waals surface area (Å²) in [5.74, 6) is -2.00. The zero-order valence-electron chi connectivity index (χ0n) is 12.0. The van der Waals surface area contributed by atoms with Crippen molar-refractivity contribution in [1.82, 2.24) is 9.78 Å². The minimum Gasteiger partial charge on any atom is -0.477 e. The van der Waals surface area contributed by atoms with Crippen LogP contribution in [0.2, 0.25) is 0 Å². The third-order valence-corrected chi connectivity index (χ3v) is 3.62. The van der Waals surface area contributed by atoms with Gasteiger partial charge >= 0.3 is 11.9 Å². The molecule has 7 heteroatoms. The van der Waals surface area contributed by atoms with Crippen LogP contribution in [0, 0.1) is 5.92 Å². The molecule has 0 aliphatic heterocycles. The third-order valence-electron chi connectivity index (χ3n) is 3.62. The Morgan fingerprint density at radius 3 is 2.62 bits per heavy atom. The SMILES string of the molecule is CC(C)(C)OC(=O)Cn1nc2c(c1C(=O)O)[C@H]1C[C@H]1C2=O. The molecule has 2 aliphatic rings. The Balaban J connectivity index is 1.92. The highest BCUT2D eigenvalue weighted by molar-refractivity contribution is 6.07. The molecule has 0 radical (unpaired) electrons. The van der Waals surface area contributed by atoms with E-state index in [1.54, 1.807) is 20.8 Å². The molecule has 0 spiro atoms. The number of aromatic nitrogens is 2. The number of hydrogen-bond acceptors (Lipinski definition) is 5. The monoisotopic (exact) mass is 292 g/mol. The van der Waals surface area contributed by atoms with Crippen LogP contribution in [0.25, 0.3) is 0 Å². The molecule has 0 bridgehead atoms. The molecule has 21 heavy (non-hydrogen) atoms. The quantitative estimate of drug-likeness (QED) is 0.841. The largest absolute Gasteiger partial charge is 0.477 e. The zero-order valence-corrected chi connectivity index (χ0v) is 12.0. The summed E-state index contributed by atoms with van der Waals surface area (Å²) in [6.45, 7) is 4.87. The number of Topliss-reactive ketones (excluding diaryl/α,β-unsaturated/α-hetero) is 1. The van der Waals surface area contributed by atoms with Crippen molar-refractivity contribution >= 4 is 17.7 Å². The lowest BCUT2D eigenvalue weighted by Gasteiger charge is -2.19. The molecule has 2 aliphatic carbocycles. The second-order valence-corrected chi connectivity index (χ2v) is 6.47. The van der Waals surface area contributed by atoms with Crippen LogP contribution in [0.5, 0.6) is 0 Å². The molecule has 1 fully saturated rings. The number of esters is 1. The Kier molecular flexibility index (Phi) is 2.73. The van der Waals surface area contributed by atoms with Gasteiger partial charge in [0, 0.05) is 11.5 Å². The molecule has 1 aromatic heterocycles. The normalized spacial score (nSPS) is 22.7. The molecular formula is C14H16N2O5. The lowest BCUT2D eigenvalue weighted by molar-refractivity contribution is -0.155. The molecule has 0 unspecified atom stereocenters. The van der Waals surface area contributed by atoms with Crippen LogP contribution in [-0.2, 0) is 16.1 Å². The molecule has 1 heterocycles. The van der Waals surface area contributed by atoms with E-state index in [-0.39, 0.29) is 35.6 Å². The number of hydrogen-bond donors (Lipinski definition) is 1. The van der Waals surface area contributed by atoms with Gasteiger partial charge in [0.15, 0.2) is 11.5 Å². The summed E-state index contributed by atoms with van der Waals surface area (Å²) in [5.41, 5.74) is -0.0270. The van der Waals surface area contributed by atoms with Crippen LogP contribution in [0.1, 0.15) is 59.7 Å². The van der Waals surface area contributed by atoms with E-state index in [1.165, 1.54) is 0 Å². The Morgan fingerprint density at radius 1 is 1.38 bits per heavy atom. The highest BCUT2D eigenvalue weighted by atomic mass is 16.6. The van der Waals surface area contributed by atoms with E-state index in [4.69, 9.17) is 4.74 Å². The topological polar surface area (TPSA) is 98.5 Å². The van der Waals surface area contributed by atoms with E-state index in [9.17, 15) is 19.5 Å². The number of carboxylic acids is 1. The summed E-state index contributed by atoms with van der Waals surface area (Å²) in [7, 11) is 0. The minimum absolute atomic E-state index is 0.0361. The average molecular weight is 292 g/mol. The second kappa shape index (κ2) is 4.16. The minimum atomic E-state index is -1.17. The fourth-order valence-electron chi connectivity index (χ4n) is 2.82. The number of carbonyl (C=O) groups is 3. The smallest absolute Gasteiger partial charge is 0.354 e. The number of ketones is 1. The van der Waals surface area contributed by atoms with E-state index in [0.717, 1.165) is 4.68 Å². The van der Waals surface area contributed by atoms with Crippen molar-refractivity contribution in [2.75, 3.05) is 0 Å². The maximum absolute atomic E-state index is 12.0. The summed E-state index contributed by atoms with van der Waals surface area (Å²) in [5, 5.41) is 13.4. The molecule has 0 saturated heterocycles. The number of nitrogens with zero attached hydrogens (tertiary/aromatic N) is 2. The summed E-state index contributed by atoms with van der Waals surface area (Å²) >= 11 is 0. The number of rotatable bonds is 3. The van der Waals surface area contributed by atoms with E-state index >= 15 is 0 Å². The third kappa shape index (κ3) is 2.22. The van der Waals surface area contributed by atoms with Gasteiger partial charge < -0.3 is 9.84 Å². The van der Waals surface area contributed by atoms with Gasteiger partial charge in [-0.15, -0.1) is 0 Å². The number of aromatic carboxylic acids is 1. The Hall–Kier alpha value is -2.18. The molecule has 1 aromatic rings. The van der Waals surface area contributed by atoms with Gasteiger partial charge in [0.2, 0.25) is 0 Å². The number of carboxylic acid groups (broad SMARTS) is 1. The average Bonchev–Trinajstić information content (AvgIpc) is 2.93. The van der Waals surface area contributed by atoms with Crippen LogP contribution < -0.4 is 0 Å². The zero-order chi connectivity index (χ0) is 15.5. The van der Waals surface area contributed by atoms with Crippen molar-refractivity contribution in [3.05, 3.63) is 17.0 Å². The van der Waals surface area contributed by atoms with Gasteiger partial charge in [-0.1, -0.05) is 0 Å². The van der Waals surface area contributed by atoms with Crippen molar-refractivity contribution in [1.29, 1.82) is 0 Å². The van der Waals surface area contributed by atoms with Gasteiger partial charge in [0.25, 0.3) is 0 Å². The Labute approximate surface area is 120 Å². The van der Waals surface area contributed by atoms with Gasteiger partial charge in [0.05, 0.1) is 0 Å². The first-order valence-corrected chi connectivity index (χ1v) is 6.79. The van der Waals surface area contributed by atoms with Gasteiger partial charge in [0.1, 0.15) is 17.8 Å². The first kappa shape index (κ1) is 13.8. The first-order chi connectivity index (χ1) is 9.69. The van der Waals surface area contributed by atoms with Crippen molar-refractivity contribution < 1.29 is 24.2 Å². The molecule has 1 N–H and O–H groups in total. The number of ether oxygens (including phenoxy) is 1. The fraction of sp³-hybridized carbons (Fsp3) is 0.571. The van der Waals surface area contributed by atoms with Gasteiger partial charge in [-0.2, -0.15) is 5.10 Å². The summed E-state index contributed by atoms with van der Waals surface area (Å²) < 4.78 is 6.24. The lowest BCUT2D eigenvalue weighted by Crippen LogP contribution is -2.28. The summed E-state index contributed by atoms with van der Waals surface area (Å²) in [6.07, 6.45) is 0.685. The molecule has 2 atom stereocenters. The van der Waals surface area contributed by atoms with Crippen molar-refractivity contribution in [2.24, 2.45) is 5.92 Å². The summed E-state index contributed by atoms with van der Waals surface area (Å²) in [6, 6.07) is 0. The van der Waals surface area contributed by atoms with Crippen LogP contribution in [0.15, 0.2) is 0 Å². The molecule has 0 amide bonds. The van der Waals surface area contributed by atoms with Crippen LogP contribution in [0.4, 0.5) is 0 Å². The summed E-state index contributed by atoms with van der Waals surface area (Å²) in [4.78, 5) is 35.3. The highest BCUT2D eigenvalue weighted by Gasteiger charge is 2.56. The standard InChI is InChI=1S/C14H16N2O5/c1-14(2,3)21-8(17)5-16-11(13(19)20)9-6-4-7(6)12(18)10(9)15-16/h6-7H,4-5H2,1-3H3,(H,19,20)/t6-,7+/m0/s1. The van der Waals surface area contributed by atoms with Gasteiger partial charge in [-0.3, -0.25) is 9.59 Å². The van der Waals surface area contributed by atoms with Gasteiger partial charge in [-0.05, 0) is 33.1 Å². The molecule has 1 saturated carbocycles. The molecular weight excluding hydrogens is 276 g/mol. The maximum Gasteiger partial charge on any atom is 0.354 e. The lowest BCUT2D eigenvalue weighted by atomic mass is 10.1. The van der Waals surface area contributed by atoms with Gasteiger partial charge in [-0.25, -0.2) is 9.48 Å². The van der Waals surface area contributed by atoms with Crippen molar-refractivity contribution in [3.63, 3.8) is 0 Å². The predicted molar refractivity (Wildman–Crippen MR) is 70.2 cm³/mol. The fourth-order valence-corrected chi connectivity index (χ4v) is 2.82. The van der Waals surface area contributed by atoms with E-state index in [0.29, 0.717) is 12.0 Å². The highest BCUT2D eigenvalue weighted by Crippen LogP contribution is 2.56. The van der Waals surface area contributed by atoms with E-state index in [1.807, 2.05) is 0 Å². The second-order valence-electron chi connectivity index (χ2n) is 6.47. The van der Waals surface area contributed by atoms with Crippen molar-refractivity contribution in [2.45, 2.75) is 45.3 Å². The predicted octanol–water partition coefficient (Wildman–Crippen LogP) is 1.22. The van der Waals surface area contributed by atoms with Crippen LogP contribution >= 0.6 is 0 Å². The van der Waals surface area contributed by atoms with Crippen molar-refractivity contribution in [3.8, 4) is 0 Å². The Bertz CT molecular complexity index is 668. The molecule has 0 aromatic carbocycles. The van der Waals surface area contributed by atoms with E-state index in [2.05, 4.69) is 5.10 Å². The maximum atomic E-state index is 12.0. The molecule has 3 rings (SSSR count). The number of fused-ring (bicyclic) bond motifs is 3. The van der Waals surface area contributed by atoms with Crippen LogP contribution in [-0.4, -0.2) is 38.2 Å². The number of carbonyl (C=O) groups excluding carboxylic acids is 2.